The summed E-state index contributed by atoms with van der Waals surface area (Å²) >= 11 is 0. The third-order valence-corrected chi connectivity index (χ3v) is 8.16. The number of rotatable bonds is 0. The molecule has 4 aliphatic rings. The predicted molar refractivity (Wildman–Crippen MR) is 88.5 cm³/mol. The molecule has 0 saturated heterocycles. The fourth-order valence-corrected chi connectivity index (χ4v) is 6.75. The average molecular weight is 302 g/mol. The smallest absolute Gasteiger partial charge is 0.0944 e. The Morgan fingerprint density at radius 2 is 1.91 bits per heavy atom. The Bertz CT molecular complexity index is 548. The summed E-state index contributed by atoms with van der Waals surface area (Å²) in [5.41, 5.74) is 0.383. The van der Waals surface area contributed by atoms with Crippen molar-refractivity contribution in [2.45, 2.75) is 59.3 Å². The van der Waals surface area contributed by atoms with Crippen molar-refractivity contribution in [3.63, 3.8) is 0 Å². The minimum absolute atomic E-state index is 0.0330. The molecular weight excluding hydrogens is 272 g/mol. The minimum Gasteiger partial charge on any atom is -0.513 e. The summed E-state index contributed by atoms with van der Waals surface area (Å²) in [6, 6.07) is 0. The molecule has 0 amide bonds. The zero-order valence-electron chi connectivity index (χ0n) is 14.2. The third-order valence-electron chi connectivity index (χ3n) is 8.16. The standard InChI is InChI=1S/C20H30O2/c1-12-10-13-11-14(21)6-8-19(13,2)16-7-9-20(3)15(18(12)16)4-5-17(20)22/h5,11-13,15-16,18,21-22H,4,6-10H2,1-3H3/t12-,13+,15-,16-,18-,19-,20-/m0/s1. The van der Waals surface area contributed by atoms with Gasteiger partial charge in [-0.15, -0.1) is 0 Å². The summed E-state index contributed by atoms with van der Waals surface area (Å²) in [7, 11) is 0. The second-order valence-electron chi connectivity index (χ2n) is 9.05. The molecule has 0 unspecified atom stereocenters. The maximum absolute atomic E-state index is 10.4. The van der Waals surface area contributed by atoms with Crippen LogP contribution in [-0.2, 0) is 0 Å². The Morgan fingerprint density at radius 3 is 2.68 bits per heavy atom. The lowest BCUT2D eigenvalue weighted by Crippen LogP contribution is -2.54. The summed E-state index contributed by atoms with van der Waals surface area (Å²) in [5, 5.41) is 20.4. The van der Waals surface area contributed by atoms with Crippen LogP contribution in [0.1, 0.15) is 59.3 Å². The van der Waals surface area contributed by atoms with Crippen LogP contribution in [0.25, 0.3) is 0 Å². The highest BCUT2D eigenvalue weighted by atomic mass is 16.3. The number of allylic oxidation sites excluding steroid dienone is 4. The maximum atomic E-state index is 10.4. The molecular formula is C20H30O2. The van der Waals surface area contributed by atoms with Crippen molar-refractivity contribution in [2.24, 2.45) is 40.4 Å². The van der Waals surface area contributed by atoms with E-state index in [9.17, 15) is 10.2 Å². The van der Waals surface area contributed by atoms with Gasteiger partial charge in [-0.25, -0.2) is 0 Å². The molecule has 4 aliphatic carbocycles. The topological polar surface area (TPSA) is 40.5 Å². The lowest BCUT2D eigenvalue weighted by atomic mass is 9.44. The zero-order chi connectivity index (χ0) is 15.7. The first kappa shape index (κ1) is 14.7. The Hall–Kier alpha value is -0.920. The molecule has 2 saturated carbocycles. The van der Waals surface area contributed by atoms with E-state index in [0.29, 0.717) is 34.7 Å². The van der Waals surface area contributed by atoms with E-state index in [2.05, 4.69) is 32.9 Å². The van der Waals surface area contributed by atoms with Crippen molar-refractivity contribution in [3.05, 3.63) is 23.7 Å². The average Bonchev–Trinajstić information content (AvgIpc) is 2.77. The summed E-state index contributed by atoms with van der Waals surface area (Å²) in [4.78, 5) is 0. The predicted octanol–water partition coefficient (Wildman–Crippen LogP) is 5.38. The van der Waals surface area contributed by atoms with Crippen molar-refractivity contribution in [3.8, 4) is 0 Å². The van der Waals surface area contributed by atoms with Crippen molar-refractivity contribution >= 4 is 0 Å². The van der Waals surface area contributed by atoms with E-state index in [1.165, 1.54) is 12.8 Å². The number of fused-ring (bicyclic) bond motifs is 5. The first-order valence-corrected chi connectivity index (χ1v) is 9.15. The second kappa shape index (κ2) is 4.55. The molecule has 0 spiro atoms. The summed E-state index contributed by atoms with van der Waals surface area (Å²) < 4.78 is 0. The van der Waals surface area contributed by atoms with Crippen molar-refractivity contribution in [1.82, 2.24) is 0 Å². The van der Waals surface area contributed by atoms with Crippen LogP contribution in [-0.4, -0.2) is 10.2 Å². The van der Waals surface area contributed by atoms with Crippen LogP contribution in [0.4, 0.5) is 0 Å². The highest BCUT2D eigenvalue weighted by Gasteiger charge is 2.60. The quantitative estimate of drug-likeness (QED) is 0.631. The van der Waals surface area contributed by atoms with Gasteiger partial charge in [-0.2, -0.15) is 0 Å². The van der Waals surface area contributed by atoms with Gasteiger partial charge in [-0.3, -0.25) is 0 Å². The summed E-state index contributed by atoms with van der Waals surface area (Å²) in [6.07, 6.45) is 10.9. The molecule has 0 aromatic heterocycles. The lowest BCUT2D eigenvalue weighted by Gasteiger charge is -2.61. The van der Waals surface area contributed by atoms with Gasteiger partial charge < -0.3 is 10.2 Å². The maximum Gasteiger partial charge on any atom is 0.0944 e. The minimum atomic E-state index is 0.0330. The largest absolute Gasteiger partial charge is 0.513 e. The van der Waals surface area contributed by atoms with Crippen LogP contribution < -0.4 is 0 Å². The zero-order valence-corrected chi connectivity index (χ0v) is 14.2. The van der Waals surface area contributed by atoms with Gasteiger partial charge >= 0.3 is 0 Å². The van der Waals surface area contributed by atoms with Crippen LogP contribution in [0, 0.1) is 40.4 Å². The van der Waals surface area contributed by atoms with E-state index in [-0.39, 0.29) is 5.41 Å². The Labute approximate surface area is 134 Å². The Morgan fingerprint density at radius 1 is 1.14 bits per heavy atom. The Balaban J connectivity index is 1.71. The van der Waals surface area contributed by atoms with Crippen molar-refractivity contribution < 1.29 is 10.2 Å². The first-order chi connectivity index (χ1) is 10.4. The van der Waals surface area contributed by atoms with Gasteiger partial charge in [0.1, 0.15) is 0 Å². The highest BCUT2D eigenvalue weighted by molar-refractivity contribution is 5.22. The molecule has 0 aliphatic heterocycles. The Kier molecular flexibility index (Phi) is 3.03. The third kappa shape index (κ3) is 1.73. The van der Waals surface area contributed by atoms with E-state index in [1.807, 2.05) is 0 Å². The van der Waals surface area contributed by atoms with E-state index >= 15 is 0 Å². The van der Waals surface area contributed by atoms with E-state index in [0.717, 1.165) is 37.5 Å². The molecule has 122 valence electrons. The van der Waals surface area contributed by atoms with Crippen LogP contribution in [0.15, 0.2) is 23.7 Å². The normalized spacial score (nSPS) is 53.9. The molecule has 2 fully saturated rings. The van der Waals surface area contributed by atoms with E-state index < -0.39 is 0 Å². The molecule has 2 nitrogen and oxygen atoms in total. The second-order valence-corrected chi connectivity index (χ2v) is 9.05. The molecule has 0 aromatic rings. The fraction of sp³-hybridized carbons (Fsp3) is 0.800. The monoisotopic (exact) mass is 302 g/mol. The number of aliphatic hydroxyl groups is 2. The molecule has 2 N–H and O–H groups in total. The van der Waals surface area contributed by atoms with Crippen LogP contribution in [0.5, 0.6) is 0 Å². The summed E-state index contributed by atoms with van der Waals surface area (Å²) in [5.74, 6) is 4.63. The van der Waals surface area contributed by atoms with Gasteiger partial charge in [-0.05, 0) is 79.3 Å². The molecule has 4 rings (SSSR count). The fourth-order valence-electron chi connectivity index (χ4n) is 6.75. The van der Waals surface area contributed by atoms with E-state index in [1.54, 1.807) is 0 Å². The molecule has 0 aromatic carbocycles. The molecule has 2 heteroatoms. The molecule has 0 radical (unpaired) electrons. The van der Waals surface area contributed by atoms with Gasteiger partial charge in [0.05, 0.1) is 11.5 Å². The first-order valence-electron chi connectivity index (χ1n) is 9.15. The highest BCUT2D eigenvalue weighted by Crippen LogP contribution is 2.66. The van der Waals surface area contributed by atoms with Gasteiger partial charge in [0, 0.05) is 11.8 Å². The molecule has 22 heavy (non-hydrogen) atoms. The van der Waals surface area contributed by atoms with E-state index in [4.69, 9.17) is 0 Å². The lowest BCUT2D eigenvalue weighted by molar-refractivity contribution is -0.111. The van der Waals surface area contributed by atoms with Crippen LogP contribution in [0.2, 0.25) is 0 Å². The number of aliphatic hydroxyl groups excluding tert-OH is 2. The molecule has 7 atom stereocenters. The van der Waals surface area contributed by atoms with Gasteiger partial charge in [-0.1, -0.05) is 20.8 Å². The van der Waals surface area contributed by atoms with Gasteiger partial charge in [0.15, 0.2) is 0 Å². The summed E-state index contributed by atoms with van der Waals surface area (Å²) in [6.45, 7) is 7.19. The molecule has 0 bridgehead atoms. The number of hydrogen-bond donors (Lipinski definition) is 2. The van der Waals surface area contributed by atoms with Crippen LogP contribution in [0.3, 0.4) is 0 Å². The SMILES string of the molecule is C[C@H]1C[C@@H]2C=C(O)CC[C@]2(C)[C@H]2CC[C@]3(C)C(O)=CC[C@H]3[C@H]12. The van der Waals surface area contributed by atoms with Crippen LogP contribution >= 0.6 is 0 Å². The van der Waals surface area contributed by atoms with Gasteiger partial charge in [0.25, 0.3) is 0 Å². The van der Waals surface area contributed by atoms with Gasteiger partial charge in [0.2, 0.25) is 0 Å². The van der Waals surface area contributed by atoms with Crippen molar-refractivity contribution in [1.29, 1.82) is 0 Å². The molecule has 0 heterocycles. The van der Waals surface area contributed by atoms with Crippen molar-refractivity contribution in [2.75, 3.05) is 0 Å². The number of hydrogen-bond acceptors (Lipinski definition) is 2.